The molecule has 0 aliphatic rings. The first kappa shape index (κ1) is 19.4. The fourth-order valence-corrected chi connectivity index (χ4v) is 2.78. The summed E-state index contributed by atoms with van der Waals surface area (Å²) in [7, 11) is 0. The van der Waals surface area contributed by atoms with E-state index >= 15 is 0 Å². The monoisotopic (exact) mass is 372 g/mol. The van der Waals surface area contributed by atoms with Crippen molar-refractivity contribution in [2.75, 3.05) is 6.61 Å². The van der Waals surface area contributed by atoms with Crippen LogP contribution in [0.5, 0.6) is 5.75 Å². The van der Waals surface area contributed by atoms with Crippen molar-refractivity contribution in [1.29, 1.82) is 0 Å². The van der Waals surface area contributed by atoms with Gasteiger partial charge in [-0.2, -0.15) is 5.10 Å². The molecule has 1 amide bonds. The third-order valence-electron chi connectivity index (χ3n) is 4.46. The molecule has 0 saturated carbocycles. The van der Waals surface area contributed by atoms with E-state index in [-0.39, 0.29) is 12.5 Å². The molecule has 0 aliphatic carbocycles. The van der Waals surface area contributed by atoms with Crippen molar-refractivity contribution in [3.63, 3.8) is 0 Å². The molecule has 0 aliphatic heterocycles. The van der Waals surface area contributed by atoms with Crippen LogP contribution in [-0.4, -0.2) is 18.2 Å². The lowest BCUT2D eigenvalue weighted by atomic mass is 10.0. The number of aryl methyl sites for hydroxylation is 2. The minimum atomic E-state index is -0.291. The number of ether oxygens (including phenoxy) is 1. The molecule has 3 aromatic carbocycles. The van der Waals surface area contributed by atoms with Crippen LogP contribution in [0.2, 0.25) is 0 Å². The second kappa shape index (κ2) is 9.00. The Morgan fingerprint density at radius 3 is 2.32 bits per heavy atom. The Morgan fingerprint density at radius 1 is 0.929 bits per heavy atom. The van der Waals surface area contributed by atoms with Crippen LogP contribution < -0.4 is 10.2 Å². The van der Waals surface area contributed by atoms with Crippen molar-refractivity contribution >= 4 is 11.6 Å². The van der Waals surface area contributed by atoms with Gasteiger partial charge in [-0.05, 0) is 54.7 Å². The fourth-order valence-electron chi connectivity index (χ4n) is 2.78. The molecule has 3 rings (SSSR count). The number of nitrogens with zero attached hydrogens (tertiary/aromatic N) is 1. The van der Waals surface area contributed by atoms with Gasteiger partial charge in [-0.3, -0.25) is 4.79 Å². The van der Waals surface area contributed by atoms with Crippen LogP contribution in [0.1, 0.15) is 23.6 Å². The Labute approximate surface area is 165 Å². The average molecular weight is 372 g/mol. The lowest BCUT2D eigenvalue weighted by molar-refractivity contribution is -0.123. The van der Waals surface area contributed by atoms with Crippen LogP contribution in [0.4, 0.5) is 0 Å². The summed E-state index contributed by atoms with van der Waals surface area (Å²) in [6.07, 6.45) is 0. The van der Waals surface area contributed by atoms with E-state index in [1.807, 2.05) is 69.3 Å². The third-order valence-corrected chi connectivity index (χ3v) is 4.46. The Kier molecular flexibility index (Phi) is 6.22. The molecule has 0 spiro atoms. The minimum Gasteiger partial charge on any atom is -0.483 e. The molecule has 0 heterocycles. The SMILES string of the molecule is CC(=NNC(=O)COc1cc(C)ccc1C)c1ccc(-c2ccccc2)cc1. The van der Waals surface area contributed by atoms with E-state index < -0.39 is 0 Å². The topological polar surface area (TPSA) is 50.7 Å². The standard InChI is InChI=1S/C24H24N2O2/c1-17-9-10-18(2)23(15-17)28-16-24(27)26-25-19(3)20-11-13-22(14-12-20)21-7-5-4-6-8-21/h4-15H,16H2,1-3H3,(H,26,27). The Balaban J connectivity index is 1.57. The predicted molar refractivity (Wildman–Crippen MR) is 114 cm³/mol. The zero-order chi connectivity index (χ0) is 19.9. The molecule has 142 valence electrons. The molecule has 4 nitrogen and oxygen atoms in total. The van der Waals surface area contributed by atoms with E-state index in [0.717, 1.165) is 28.0 Å². The van der Waals surface area contributed by atoms with E-state index in [0.29, 0.717) is 5.75 Å². The Bertz CT molecular complexity index is 977. The summed E-state index contributed by atoms with van der Waals surface area (Å²) in [6.45, 7) is 5.73. The summed E-state index contributed by atoms with van der Waals surface area (Å²) in [5.74, 6) is 0.425. The second-order valence-electron chi connectivity index (χ2n) is 6.73. The molecule has 0 bridgehead atoms. The average Bonchev–Trinajstić information content (AvgIpc) is 2.73. The van der Waals surface area contributed by atoms with Crippen molar-refractivity contribution in [3.8, 4) is 16.9 Å². The van der Waals surface area contributed by atoms with Gasteiger partial charge in [-0.1, -0.05) is 66.7 Å². The van der Waals surface area contributed by atoms with Crippen LogP contribution in [0, 0.1) is 13.8 Å². The van der Waals surface area contributed by atoms with E-state index in [2.05, 4.69) is 34.8 Å². The van der Waals surface area contributed by atoms with Gasteiger partial charge < -0.3 is 4.74 Å². The van der Waals surface area contributed by atoms with Gasteiger partial charge in [-0.15, -0.1) is 0 Å². The normalized spacial score (nSPS) is 11.2. The van der Waals surface area contributed by atoms with E-state index in [4.69, 9.17) is 4.74 Å². The summed E-state index contributed by atoms with van der Waals surface area (Å²) in [4.78, 5) is 12.0. The van der Waals surface area contributed by atoms with Gasteiger partial charge in [0, 0.05) is 0 Å². The van der Waals surface area contributed by atoms with Gasteiger partial charge >= 0.3 is 0 Å². The molecule has 0 radical (unpaired) electrons. The van der Waals surface area contributed by atoms with Crippen molar-refractivity contribution in [3.05, 3.63) is 89.5 Å². The lowest BCUT2D eigenvalue weighted by Gasteiger charge is -2.09. The molecular weight excluding hydrogens is 348 g/mol. The summed E-state index contributed by atoms with van der Waals surface area (Å²) < 4.78 is 5.60. The number of carbonyl (C=O) groups excluding carboxylic acids is 1. The van der Waals surface area contributed by atoms with Crippen molar-refractivity contribution < 1.29 is 9.53 Å². The van der Waals surface area contributed by atoms with Gasteiger partial charge in [0.05, 0.1) is 5.71 Å². The lowest BCUT2D eigenvalue weighted by Crippen LogP contribution is -2.25. The molecule has 0 saturated heterocycles. The van der Waals surface area contributed by atoms with E-state index in [9.17, 15) is 4.79 Å². The molecule has 1 N–H and O–H groups in total. The highest BCUT2D eigenvalue weighted by Gasteiger charge is 2.06. The third kappa shape index (κ3) is 5.07. The number of rotatable bonds is 6. The second-order valence-corrected chi connectivity index (χ2v) is 6.73. The fraction of sp³-hybridized carbons (Fsp3) is 0.167. The maximum atomic E-state index is 12.0. The number of carbonyl (C=O) groups is 1. The molecule has 0 unspecified atom stereocenters. The van der Waals surface area contributed by atoms with Gasteiger partial charge in [0.15, 0.2) is 6.61 Å². The van der Waals surface area contributed by atoms with Crippen molar-refractivity contribution in [2.24, 2.45) is 5.10 Å². The number of hydrogen-bond acceptors (Lipinski definition) is 3. The molecular formula is C24H24N2O2. The first-order valence-electron chi connectivity index (χ1n) is 9.22. The minimum absolute atomic E-state index is 0.0754. The highest BCUT2D eigenvalue weighted by atomic mass is 16.5. The smallest absolute Gasteiger partial charge is 0.277 e. The summed E-state index contributed by atoms with van der Waals surface area (Å²) in [6, 6.07) is 24.2. The molecule has 3 aromatic rings. The largest absolute Gasteiger partial charge is 0.483 e. The maximum absolute atomic E-state index is 12.0. The number of nitrogens with one attached hydrogen (secondary N) is 1. The Morgan fingerprint density at radius 2 is 1.61 bits per heavy atom. The zero-order valence-corrected chi connectivity index (χ0v) is 16.4. The highest BCUT2D eigenvalue weighted by molar-refractivity contribution is 5.99. The molecule has 28 heavy (non-hydrogen) atoms. The molecule has 4 heteroatoms. The number of benzene rings is 3. The quantitative estimate of drug-likeness (QED) is 0.495. The van der Waals surface area contributed by atoms with Gasteiger partial charge in [-0.25, -0.2) is 5.43 Å². The Hall–Kier alpha value is -3.40. The van der Waals surface area contributed by atoms with Gasteiger partial charge in [0.2, 0.25) is 0 Å². The predicted octanol–water partition coefficient (Wildman–Crippen LogP) is 4.89. The van der Waals surface area contributed by atoms with Crippen LogP contribution in [0.25, 0.3) is 11.1 Å². The molecule has 0 aromatic heterocycles. The van der Waals surface area contributed by atoms with Crippen LogP contribution >= 0.6 is 0 Å². The summed E-state index contributed by atoms with van der Waals surface area (Å²) in [5.41, 5.74) is 8.64. The van der Waals surface area contributed by atoms with Crippen LogP contribution in [0.15, 0.2) is 77.9 Å². The van der Waals surface area contributed by atoms with Crippen molar-refractivity contribution in [2.45, 2.75) is 20.8 Å². The highest BCUT2D eigenvalue weighted by Crippen LogP contribution is 2.20. The van der Waals surface area contributed by atoms with E-state index in [1.165, 1.54) is 5.56 Å². The first-order valence-corrected chi connectivity index (χ1v) is 9.22. The molecule has 0 fully saturated rings. The number of hydrogen-bond donors (Lipinski definition) is 1. The van der Waals surface area contributed by atoms with Gasteiger partial charge in [0.25, 0.3) is 5.91 Å². The van der Waals surface area contributed by atoms with E-state index in [1.54, 1.807) is 0 Å². The van der Waals surface area contributed by atoms with Crippen LogP contribution in [0.3, 0.4) is 0 Å². The van der Waals surface area contributed by atoms with Crippen LogP contribution in [-0.2, 0) is 4.79 Å². The maximum Gasteiger partial charge on any atom is 0.277 e. The van der Waals surface area contributed by atoms with Gasteiger partial charge in [0.1, 0.15) is 5.75 Å². The molecule has 0 atom stereocenters. The zero-order valence-electron chi connectivity index (χ0n) is 16.4. The number of hydrazone groups is 1. The summed E-state index contributed by atoms with van der Waals surface area (Å²) >= 11 is 0. The van der Waals surface area contributed by atoms with Crippen molar-refractivity contribution in [1.82, 2.24) is 5.43 Å². The number of amides is 1. The first-order chi connectivity index (χ1) is 13.5. The summed E-state index contributed by atoms with van der Waals surface area (Å²) in [5, 5.41) is 4.19.